The van der Waals surface area contributed by atoms with E-state index in [2.05, 4.69) is 0 Å². The largest absolute Gasteiger partial charge is 0.481 e. The zero-order valence-corrected chi connectivity index (χ0v) is 11.1. The molecule has 1 rings (SSSR count). The fourth-order valence-corrected chi connectivity index (χ4v) is 2.07. The van der Waals surface area contributed by atoms with Gasteiger partial charge in [-0.3, -0.25) is 9.59 Å². The Kier molecular flexibility index (Phi) is 3.67. The van der Waals surface area contributed by atoms with Crippen LogP contribution < -0.4 is 0 Å². The molecule has 94 valence electrons. The normalized spacial score (nSPS) is 14.7. The number of halogens is 1. The van der Waals surface area contributed by atoms with Crippen molar-refractivity contribution in [2.24, 2.45) is 13.0 Å². The van der Waals surface area contributed by atoms with Crippen LogP contribution in [0.4, 0.5) is 0 Å². The summed E-state index contributed by atoms with van der Waals surface area (Å²) in [6, 6.07) is 3.19. The van der Waals surface area contributed by atoms with Crippen LogP contribution in [-0.2, 0) is 17.3 Å². The predicted octanol–water partition coefficient (Wildman–Crippen LogP) is 2.40. The molecular formula is C12H16ClNO3. The average Bonchev–Trinajstić information content (AvgIpc) is 2.58. The Labute approximate surface area is 105 Å². The second-order valence-electron chi connectivity index (χ2n) is 4.60. The number of rotatable bonds is 4. The molecule has 1 aromatic heterocycles. The van der Waals surface area contributed by atoms with Gasteiger partial charge in [-0.05, 0) is 36.6 Å². The van der Waals surface area contributed by atoms with Gasteiger partial charge >= 0.3 is 5.97 Å². The first-order valence-corrected chi connectivity index (χ1v) is 5.70. The number of hydrogen-bond donors (Lipinski definition) is 1. The lowest BCUT2D eigenvalue weighted by atomic mass is 9.76. The van der Waals surface area contributed by atoms with Crippen molar-refractivity contribution in [1.82, 2.24) is 4.57 Å². The lowest BCUT2D eigenvalue weighted by molar-refractivity contribution is -0.145. The van der Waals surface area contributed by atoms with Gasteiger partial charge in [-0.15, -0.1) is 0 Å². The zero-order valence-electron chi connectivity index (χ0n) is 10.3. The quantitative estimate of drug-likeness (QED) is 0.843. The highest BCUT2D eigenvalue weighted by Crippen LogP contribution is 2.33. The van der Waals surface area contributed by atoms with E-state index in [9.17, 15) is 14.7 Å². The smallest absolute Gasteiger partial charge is 0.315 e. The highest BCUT2D eigenvalue weighted by atomic mass is 35.5. The topological polar surface area (TPSA) is 59.3 Å². The molecule has 0 fully saturated rings. The van der Waals surface area contributed by atoms with E-state index in [1.54, 1.807) is 30.7 Å². The molecule has 1 heterocycles. The van der Waals surface area contributed by atoms with Gasteiger partial charge in [-0.25, -0.2) is 0 Å². The van der Waals surface area contributed by atoms with E-state index >= 15 is 0 Å². The van der Waals surface area contributed by atoms with Crippen molar-refractivity contribution < 1.29 is 14.7 Å². The lowest BCUT2D eigenvalue weighted by Gasteiger charge is -2.30. The minimum Gasteiger partial charge on any atom is -0.481 e. The number of carboxylic acid groups (broad SMARTS) is 1. The van der Waals surface area contributed by atoms with Gasteiger partial charge < -0.3 is 9.67 Å². The van der Waals surface area contributed by atoms with Gasteiger partial charge in [0.1, 0.15) is 11.1 Å². The van der Waals surface area contributed by atoms with Crippen LogP contribution in [0.5, 0.6) is 0 Å². The van der Waals surface area contributed by atoms with Crippen molar-refractivity contribution in [3.8, 4) is 0 Å². The third-order valence-corrected chi connectivity index (χ3v) is 3.65. The Balaban J connectivity index is 3.41. The summed E-state index contributed by atoms with van der Waals surface area (Å²) in [5.74, 6) is -1.02. The van der Waals surface area contributed by atoms with E-state index in [1.165, 1.54) is 0 Å². The molecule has 0 saturated heterocycles. The highest BCUT2D eigenvalue weighted by Gasteiger charge is 2.41. The van der Waals surface area contributed by atoms with Crippen LogP contribution in [0.25, 0.3) is 0 Å². The van der Waals surface area contributed by atoms with Crippen molar-refractivity contribution in [2.75, 3.05) is 0 Å². The maximum Gasteiger partial charge on any atom is 0.315 e. The number of carboxylic acids is 1. The van der Waals surface area contributed by atoms with Gasteiger partial charge in [0.2, 0.25) is 0 Å². The fraction of sp³-hybridized carbons (Fsp3) is 0.500. The summed E-state index contributed by atoms with van der Waals surface area (Å²) < 4.78 is 1.55. The second-order valence-corrected chi connectivity index (χ2v) is 4.94. The first-order chi connectivity index (χ1) is 7.72. The number of carbonyl (C=O) groups excluding carboxylic acids is 1. The Morgan fingerprint density at radius 2 is 1.94 bits per heavy atom. The van der Waals surface area contributed by atoms with Crippen LogP contribution in [-0.4, -0.2) is 20.9 Å². The molecule has 0 aliphatic heterocycles. The highest BCUT2D eigenvalue weighted by molar-refractivity contribution is 6.67. The molecule has 5 heteroatoms. The van der Waals surface area contributed by atoms with E-state index in [4.69, 9.17) is 11.6 Å². The first kappa shape index (κ1) is 13.8. The summed E-state index contributed by atoms with van der Waals surface area (Å²) in [4.78, 5) is 22.6. The van der Waals surface area contributed by atoms with E-state index in [1.807, 2.05) is 13.8 Å². The molecule has 1 atom stereocenters. The molecule has 4 nitrogen and oxygen atoms in total. The Morgan fingerprint density at radius 1 is 1.41 bits per heavy atom. The van der Waals surface area contributed by atoms with Crippen LogP contribution in [0, 0.1) is 5.92 Å². The molecular weight excluding hydrogens is 242 g/mol. The maximum absolute atomic E-state index is 11.5. The van der Waals surface area contributed by atoms with Crippen molar-refractivity contribution in [2.45, 2.75) is 26.2 Å². The van der Waals surface area contributed by atoms with Crippen LogP contribution in [0.15, 0.2) is 12.1 Å². The molecule has 0 radical (unpaired) electrons. The van der Waals surface area contributed by atoms with Crippen molar-refractivity contribution >= 4 is 22.8 Å². The van der Waals surface area contributed by atoms with Gasteiger partial charge in [-0.2, -0.15) is 0 Å². The SMILES string of the molecule is CC(C)C(C)(C(=O)O)c1ccc(C(=O)Cl)n1C. The van der Waals surface area contributed by atoms with Crippen LogP contribution >= 0.6 is 11.6 Å². The number of hydrogen-bond acceptors (Lipinski definition) is 2. The summed E-state index contributed by atoms with van der Waals surface area (Å²) in [5.41, 5.74) is -0.168. The van der Waals surface area contributed by atoms with Gasteiger partial charge in [0.05, 0.1) is 0 Å². The molecule has 0 aromatic carbocycles. The third-order valence-electron chi connectivity index (χ3n) is 3.45. The van der Waals surface area contributed by atoms with E-state index in [0.29, 0.717) is 11.4 Å². The van der Waals surface area contributed by atoms with E-state index in [0.717, 1.165) is 0 Å². The molecule has 1 unspecified atom stereocenters. The standard InChI is InChI=1S/C12H16ClNO3/c1-7(2)12(3,11(16)17)9-6-5-8(10(13)15)14(9)4/h5-7H,1-4H3,(H,16,17). The molecule has 0 amide bonds. The Morgan fingerprint density at radius 3 is 2.24 bits per heavy atom. The predicted molar refractivity (Wildman–Crippen MR) is 65.4 cm³/mol. The van der Waals surface area contributed by atoms with Crippen molar-refractivity contribution in [3.63, 3.8) is 0 Å². The molecule has 0 spiro atoms. The number of aromatic nitrogens is 1. The molecule has 0 aliphatic rings. The fourth-order valence-electron chi connectivity index (χ4n) is 1.88. The van der Waals surface area contributed by atoms with Crippen molar-refractivity contribution in [3.05, 3.63) is 23.5 Å². The summed E-state index contributed by atoms with van der Waals surface area (Å²) >= 11 is 5.42. The molecule has 1 aromatic rings. The molecule has 1 N–H and O–H groups in total. The van der Waals surface area contributed by atoms with Crippen LogP contribution in [0.1, 0.15) is 37.0 Å². The molecule has 17 heavy (non-hydrogen) atoms. The first-order valence-electron chi connectivity index (χ1n) is 5.32. The number of nitrogens with zero attached hydrogens (tertiary/aromatic N) is 1. The minimum absolute atomic E-state index is 0.105. The number of aliphatic carboxylic acids is 1. The van der Waals surface area contributed by atoms with Crippen LogP contribution in [0.3, 0.4) is 0 Å². The van der Waals surface area contributed by atoms with Gasteiger partial charge in [0, 0.05) is 12.7 Å². The van der Waals surface area contributed by atoms with Gasteiger partial charge in [0.15, 0.2) is 0 Å². The van der Waals surface area contributed by atoms with Crippen molar-refractivity contribution in [1.29, 1.82) is 0 Å². The Hall–Kier alpha value is -1.29. The Bertz CT molecular complexity index is 464. The van der Waals surface area contributed by atoms with E-state index in [-0.39, 0.29) is 5.92 Å². The summed E-state index contributed by atoms with van der Waals surface area (Å²) in [6.45, 7) is 5.32. The molecule has 0 saturated carbocycles. The maximum atomic E-state index is 11.5. The van der Waals surface area contributed by atoms with E-state index < -0.39 is 16.6 Å². The lowest BCUT2D eigenvalue weighted by Crippen LogP contribution is -2.39. The summed E-state index contributed by atoms with van der Waals surface area (Å²) in [5, 5.41) is 8.81. The molecule has 0 aliphatic carbocycles. The van der Waals surface area contributed by atoms with Crippen LogP contribution in [0.2, 0.25) is 0 Å². The summed E-state index contributed by atoms with van der Waals surface area (Å²) in [6.07, 6.45) is 0. The minimum atomic E-state index is -1.04. The average molecular weight is 258 g/mol. The zero-order chi connectivity index (χ0) is 13.4. The van der Waals surface area contributed by atoms with Gasteiger partial charge in [0.25, 0.3) is 5.24 Å². The molecule has 0 bridgehead atoms. The van der Waals surface area contributed by atoms with Gasteiger partial charge in [-0.1, -0.05) is 13.8 Å². The second kappa shape index (κ2) is 4.53. The monoisotopic (exact) mass is 257 g/mol. The third kappa shape index (κ3) is 2.09. The number of carbonyl (C=O) groups is 2. The summed E-state index contributed by atoms with van der Waals surface area (Å²) in [7, 11) is 1.65.